The number of aromatic nitrogens is 1. The molecule has 0 unspecified atom stereocenters. The lowest BCUT2D eigenvalue weighted by atomic mass is 10.2. The number of rotatable bonds is 3. The third-order valence-electron chi connectivity index (χ3n) is 2.85. The normalized spacial score (nSPS) is 16.9. The Morgan fingerprint density at radius 1 is 1.42 bits per heavy atom. The van der Waals surface area contributed by atoms with Crippen LogP contribution in [-0.2, 0) is 0 Å². The van der Waals surface area contributed by atoms with Crippen molar-refractivity contribution in [1.29, 1.82) is 0 Å². The number of carbonyl (C=O) groups excluding carboxylic acids is 1. The van der Waals surface area contributed by atoms with Gasteiger partial charge in [0.2, 0.25) is 0 Å². The SMILES string of the molecule is NNc1ccc(Cl)c(C(=O)NC2(C(F)(F)F)CC2)n1. The summed E-state index contributed by atoms with van der Waals surface area (Å²) in [5.41, 5.74) is -0.264. The molecule has 1 saturated carbocycles. The summed E-state index contributed by atoms with van der Waals surface area (Å²) in [6.45, 7) is 0. The maximum atomic E-state index is 12.7. The van der Waals surface area contributed by atoms with Crippen LogP contribution in [0, 0.1) is 0 Å². The van der Waals surface area contributed by atoms with Crippen LogP contribution in [0.25, 0.3) is 0 Å². The fourth-order valence-corrected chi connectivity index (χ4v) is 1.75. The van der Waals surface area contributed by atoms with Crippen LogP contribution in [0.4, 0.5) is 19.0 Å². The smallest absolute Gasteiger partial charge is 0.336 e. The highest BCUT2D eigenvalue weighted by atomic mass is 35.5. The maximum absolute atomic E-state index is 12.7. The lowest BCUT2D eigenvalue weighted by Crippen LogP contribution is -2.48. The lowest BCUT2D eigenvalue weighted by molar-refractivity contribution is -0.163. The number of nitrogens with two attached hydrogens (primary N) is 1. The fourth-order valence-electron chi connectivity index (χ4n) is 1.56. The molecule has 1 fully saturated rings. The molecule has 1 aromatic heterocycles. The van der Waals surface area contributed by atoms with Gasteiger partial charge in [-0.3, -0.25) is 4.79 Å². The van der Waals surface area contributed by atoms with Crippen molar-refractivity contribution in [2.75, 3.05) is 5.43 Å². The van der Waals surface area contributed by atoms with Gasteiger partial charge < -0.3 is 10.7 Å². The quantitative estimate of drug-likeness (QED) is 0.587. The van der Waals surface area contributed by atoms with Crippen LogP contribution >= 0.6 is 11.6 Å². The van der Waals surface area contributed by atoms with Crippen molar-refractivity contribution in [3.63, 3.8) is 0 Å². The van der Waals surface area contributed by atoms with E-state index >= 15 is 0 Å². The number of nitrogens with zero attached hydrogens (tertiary/aromatic N) is 1. The van der Waals surface area contributed by atoms with E-state index in [-0.39, 0.29) is 29.4 Å². The summed E-state index contributed by atoms with van der Waals surface area (Å²) in [7, 11) is 0. The molecule has 4 N–H and O–H groups in total. The minimum Gasteiger partial charge on any atom is -0.336 e. The average Bonchev–Trinajstić information content (AvgIpc) is 3.10. The van der Waals surface area contributed by atoms with Crippen molar-refractivity contribution in [2.24, 2.45) is 5.84 Å². The minimum atomic E-state index is -4.49. The molecule has 1 aliphatic carbocycles. The van der Waals surface area contributed by atoms with Gasteiger partial charge in [-0.05, 0) is 25.0 Å². The van der Waals surface area contributed by atoms with Crippen LogP contribution in [0.15, 0.2) is 12.1 Å². The zero-order valence-corrected chi connectivity index (χ0v) is 10.3. The fraction of sp³-hybridized carbons (Fsp3) is 0.400. The summed E-state index contributed by atoms with van der Waals surface area (Å²) in [6.07, 6.45) is -4.78. The van der Waals surface area contributed by atoms with Crippen LogP contribution in [0.5, 0.6) is 0 Å². The van der Waals surface area contributed by atoms with Gasteiger partial charge >= 0.3 is 6.18 Å². The summed E-state index contributed by atoms with van der Waals surface area (Å²) < 4.78 is 38.2. The van der Waals surface area contributed by atoms with Crippen LogP contribution in [-0.4, -0.2) is 22.6 Å². The highest BCUT2D eigenvalue weighted by molar-refractivity contribution is 6.33. The molecule has 104 valence electrons. The number of anilines is 1. The Balaban J connectivity index is 2.22. The number of alkyl halides is 3. The van der Waals surface area contributed by atoms with E-state index in [9.17, 15) is 18.0 Å². The van der Waals surface area contributed by atoms with Crippen LogP contribution in [0.2, 0.25) is 5.02 Å². The topological polar surface area (TPSA) is 80.0 Å². The van der Waals surface area contributed by atoms with E-state index in [1.165, 1.54) is 12.1 Å². The largest absolute Gasteiger partial charge is 0.411 e. The zero-order valence-electron chi connectivity index (χ0n) is 9.51. The van der Waals surface area contributed by atoms with E-state index in [0.717, 1.165) is 0 Å². The molecule has 1 amide bonds. The third-order valence-corrected chi connectivity index (χ3v) is 3.16. The van der Waals surface area contributed by atoms with Crippen LogP contribution in [0.1, 0.15) is 23.3 Å². The first-order chi connectivity index (χ1) is 8.79. The number of hydrogen-bond donors (Lipinski definition) is 3. The molecule has 1 aromatic rings. The monoisotopic (exact) mass is 294 g/mol. The Morgan fingerprint density at radius 2 is 2.05 bits per heavy atom. The lowest BCUT2D eigenvalue weighted by Gasteiger charge is -2.20. The second kappa shape index (κ2) is 4.53. The number of pyridine rings is 1. The number of hydrazine groups is 1. The average molecular weight is 295 g/mol. The predicted octanol–water partition coefficient (Wildman–Crippen LogP) is 1.85. The van der Waals surface area contributed by atoms with Gasteiger partial charge in [-0.15, -0.1) is 0 Å². The van der Waals surface area contributed by atoms with Crippen molar-refractivity contribution >= 4 is 23.3 Å². The molecule has 0 saturated heterocycles. The third kappa shape index (κ3) is 2.59. The predicted molar refractivity (Wildman–Crippen MR) is 62.5 cm³/mol. The van der Waals surface area contributed by atoms with Gasteiger partial charge in [0.25, 0.3) is 5.91 Å². The molecule has 0 aromatic carbocycles. The number of nitrogens with one attached hydrogen (secondary N) is 2. The second-order valence-corrected chi connectivity index (χ2v) is 4.61. The summed E-state index contributed by atoms with van der Waals surface area (Å²) >= 11 is 5.74. The van der Waals surface area contributed by atoms with Crippen molar-refractivity contribution in [3.05, 3.63) is 22.8 Å². The molecule has 2 rings (SSSR count). The highest BCUT2D eigenvalue weighted by Crippen LogP contribution is 2.49. The molecular formula is C10H10ClF3N4O. The minimum absolute atomic E-state index is 0.0468. The van der Waals surface area contributed by atoms with Crippen molar-refractivity contribution in [2.45, 2.75) is 24.6 Å². The van der Waals surface area contributed by atoms with Gasteiger partial charge in [-0.25, -0.2) is 10.8 Å². The Labute approximate surface area is 111 Å². The van der Waals surface area contributed by atoms with Crippen molar-refractivity contribution in [1.82, 2.24) is 10.3 Å². The molecule has 0 atom stereocenters. The van der Waals surface area contributed by atoms with Crippen molar-refractivity contribution < 1.29 is 18.0 Å². The first kappa shape index (κ1) is 13.9. The van der Waals surface area contributed by atoms with Gasteiger partial charge in [0.1, 0.15) is 17.1 Å². The van der Waals surface area contributed by atoms with Crippen LogP contribution in [0.3, 0.4) is 0 Å². The number of carbonyl (C=O) groups is 1. The van der Waals surface area contributed by atoms with Gasteiger partial charge in [0.05, 0.1) is 5.02 Å². The Hall–Kier alpha value is -1.54. The van der Waals surface area contributed by atoms with Crippen molar-refractivity contribution in [3.8, 4) is 0 Å². The molecule has 1 aliphatic rings. The standard InChI is InChI=1S/C10H10ClF3N4O/c11-5-1-2-6(18-15)16-7(5)8(19)17-9(3-4-9)10(12,13)14/h1-2H,3-4,15H2,(H,16,18)(H,17,19). The molecule has 0 aliphatic heterocycles. The summed E-state index contributed by atoms with van der Waals surface area (Å²) in [4.78, 5) is 15.5. The van der Waals surface area contributed by atoms with E-state index in [1.807, 2.05) is 5.32 Å². The maximum Gasteiger partial charge on any atom is 0.411 e. The molecule has 0 spiro atoms. The van der Waals surface area contributed by atoms with E-state index < -0.39 is 17.6 Å². The summed E-state index contributed by atoms with van der Waals surface area (Å²) in [5.74, 6) is 4.27. The Bertz CT molecular complexity index is 516. The van der Waals surface area contributed by atoms with E-state index in [0.29, 0.717) is 0 Å². The molecule has 1 heterocycles. The first-order valence-electron chi connectivity index (χ1n) is 5.31. The summed E-state index contributed by atoms with van der Waals surface area (Å²) in [5, 5.41) is 1.89. The van der Waals surface area contributed by atoms with E-state index in [1.54, 1.807) is 0 Å². The summed E-state index contributed by atoms with van der Waals surface area (Å²) in [6, 6.07) is 2.72. The van der Waals surface area contributed by atoms with Gasteiger partial charge in [-0.1, -0.05) is 11.6 Å². The van der Waals surface area contributed by atoms with Gasteiger partial charge in [0.15, 0.2) is 0 Å². The molecule has 0 radical (unpaired) electrons. The van der Waals surface area contributed by atoms with E-state index in [2.05, 4.69) is 10.4 Å². The van der Waals surface area contributed by atoms with Gasteiger partial charge in [0, 0.05) is 0 Å². The molecule has 0 bridgehead atoms. The number of amides is 1. The molecule has 9 heteroatoms. The Morgan fingerprint density at radius 3 is 2.53 bits per heavy atom. The zero-order chi connectivity index (χ0) is 14.3. The molecule has 19 heavy (non-hydrogen) atoms. The number of hydrogen-bond acceptors (Lipinski definition) is 4. The highest BCUT2D eigenvalue weighted by Gasteiger charge is 2.64. The van der Waals surface area contributed by atoms with Gasteiger partial charge in [-0.2, -0.15) is 13.2 Å². The molecular weight excluding hydrogens is 285 g/mol. The molecule has 5 nitrogen and oxygen atoms in total. The van der Waals surface area contributed by atoms with Crippen LogP contribution < -0.4 is 16.6 Å². The number of halogens is 4. The first-order valence-corrected chi connectivity index (χ1v) is 5.69. The Kier molecular flexibility index (Phi) is 3.31. The van der Waals surface area contributed by atoms with E-state index in [4.69, 9.17) is 17.4 Å². The number of nitrogen functional groups attached to an aromatic ring is 1. The second-order valence-electron chi connectivity index (χ2n) is 4.21.